The van der Waals surface area contributed by atoms with Gasteiger partial charge in [-0.15, -0.1) is 11.3 Å². The molecule has 0 saturated carbocycles. The van der Waals surface area contributed by atoms with Crippen LogP contribution in [0.2, 0.25) is 0 Å². The average Bonchev–Trinajstić information content (AvgIpc) is 3.65. The third-order valence-electron chi connectivity index (χ3n) is 8.32. The molecule has 0 aliphatic carbocycles. The molecule has 0 N–H and O–H groups in total. The van der Waals surface area contributed by atoms with E-state index >= 15 is 0 Å². The van der Waals surface area contributed by atoms with Crippen LogP contribution in [0.25, 0.3) is 85.7 Å². The van der Waals surface area contributed by atoms with Crippen molar-refractivity contribution in [1.29, 1.82) is 0 Å². The van der Waals surface area contributed by atoms with Gasteiger partial charge >= 0.3 is 0 Å². The fraction of sp³-hybridized carbons (Fsp3) is 0. The SMILES string of the molecule is c1ccc2cc(-c3c4ccccc4c(-c4cc5c6ccccc6sc5c5occc45)c4ccccc34)ccc2c1. The van der Waals surface area contributed by atoms with Crippen molar-refractivity contribution in [2.75, 3.05) is 0 Å². The topological polar surface area (TPSA) is 13.1 Å². The van der Waals surface area contributed by atoms with Crippen LogP contribution < -0.4 is 0 Å². The Morgan fingerprint density at radius 1 is 0.450 bits per heavy atom. The van der Waals surface area contributed by atoms with Crippen molar-refractivity contribution in [3.63, 3.8) is 0 Å². The van der Waals surface area contributed by atoms with Gasteiger partial charge in [-0.1, -0.05) is 103 Å². The zero-order valence-corrected chi connectivity index (χ0v) is 22.3. The Morgan fingerprint density at radius 3 is 1.82 bits per heavy atom. The van der Waals surface area contributed by atoms with Crippen LogP contribution in [-0.2, 0) is 0 Å². The number of hydrogen-bond acceptors (Lipinski definition) is 2. The molecular weight excluding hydrogens is 504 g/mol. The van der Waals surface area contributed by atoms with Crippen molar-refractivity contribution in [3.05, 3.63) is 134 Å². The Bertz CT molecular complexity index is 2380. The largest absolute Gasteiger partial charge is 0.463 e. The van der Waals surface area contributed by atoms with E-state index in [4.69, 9.17) is 4.42 Å². The van der Waals surface area contributed by atoms with E-state index in [1.165, 1.54) is 74.7 Å². The quantitative estimate of drug-likeness (QED) is 0.204. The number of hydrogen-bond donors (Lipinski definition) is 0. The maximum atomic E-state index is 6.19. The van der Waals surface area contributed by atoms with Crippen molar-refractivity contribution in [2.24, 2.45) is 0 Å². The van der Waals surface area contributed by atoms with Gasteiger partial charge in [0.25, 0.3) is 0 Å². The average molecular weight is 527 g/mol. The van der Waals surface area contributed by atoms with Gasteiger partial charge in [0.2, 0.25) is 0 Å². The Hall–Kier alpha value is -4.92. The normalized spacial score (nSPS) is 12.0. The highest BCUT2D eigenvalue weighted by Gasteiger charge is 2.21. The summed E-state index contributed by atoms with van der Waals surface area (Å²) in [5, 5.41) is 11.2. The summed E-state index contributed by atoms with van der Waals surface area (Å²) in [7, 11) is 0. The summed E-state index contributed by atoms with van der Waals surface area (Å²) in [6, 6.07) is 46.4. The summed E-state index contributed by atoms with van der Waals surface area (Å²) in [5.74, 6) is 0. The fourth-order valence-corrected chi connectivity index (χ4v) is 7.76. The van der Waals surface area contributed by atoms with Gasteiger partial charge in [0.1, 0.15) is 0 Å². The minimum Gasteiger partial charge on any atom is -0.463 e. The molecule has 0 radical (unpaired) electrons. The highest BCUT2D eigenvalue weighted by Crippen LogP contribution is 2.48. The van der Waals surface area contributed by atoms with Crippen LogP contribution in [0.5, 0.6) is 0 Å². The van der Waals surface area contributed by atoms with Gasteiger partial charge in [-0.05, 0) is 78.8 Å². The third kappa shape index (κ3) is 3.03. The Kier molecular flexibility index (Phi) is 4.55. The molecule has 1 nitrogen and oxygen atoms in total. The zero-order chi connectivity index (χ0) is 26.2. The molecule has 0 aliphatic heterocycles. The summed E-state index contributed by atoms with van der Waals surface area (Å²) in [4.78, 5) is 0. The molecule has 0 fully saturated rings. The van der Waals surface area contributed by atoms with Gasteiger partial charge in [-0.3, -0.25) is 0 Å². The first-order chi connectivity index (χ1) is 19.8. The number of rotatable bonds is 2. The van der Waals surface area contributed by atoms with E-state index in [9.17, 15) is 0 Å². The summed E-state index contributed by atoms with van der Waals surface area (Å²) < 4.78 is 8.69. The van der Waals surface area contributed by atoms with Gasteiger partial charge in [0.15, 0.2) is 5.58 Å². The molecule has 0 spiro atoms. The molecule has 0 unspecified atom stereocenters. The minimum absolute atomic E-state index is 0.973. The molecule has 186 valence electrons. The first-order valence-electron chi connectivity index (χ1n) is 13.6. The zero-order valence-electron chi connectivity index (χ0n) is 21.5. The molecule has 0 aliphatic rings. The van der Waals surface area contributed by atoms with E-state index < -0.39 is 0 Å². The van der Waals surface area contributed by atoms with Gasteiger partial charge < -0.3 is 4.42 Å². The van der Waals surface area contributed by atoms with Crippen molar-refractivity contribution < 1.29 is 4.42 Å². The van der Waals surface area contributed by atoms with Gasteiger partial charge in [-0.25, -0.2) is 0 Å². The lowest BCUT2D eigenvalue weighted by molar-refractivity contribution is 0.619. The molecular formula is C38H22OS. The number of fused-ring (bicyclic) bond motifs is 8. The predicted molar refractivity (Wildman–Crippen MR) is 172 cm³/mol. The molecule has 0 bridgehead atoms. The lowest BCUT2D eigenvalue weighted by Crippen LogP contribution is -1.91. The van der Waals surface area contributed by atoms with Crippen LogP contribution in [-0.4, -0.2) is 0 Å². The number of benzene rings is 7. The van der Waals surface area contributed by atoms with E-state index in [-0.39, 0.29) is 0 Å². The molecule has 9 rings (SSSR count). The van der Waals surface area contributed by atoms with E-state index in [0.717, 1.165) is 11.0 Å². The smallest absolute Gasteiger partial charge is 0.152 e. The van der Waals surface area contributed by atoms with Crippen LogP contribution in [0.1, 0.15) is 0 Å². The summed E-state index contributed by atoms with van der Waals surface area (Å²) >= 11 is 1.81. The van der Waals surface area contributed by atoms with Crippen LogP contribution in [0.4, 0.5) is 0 Å². The van der Waals surface area contributed by atoms with E-state index in [1.807, 2.05) is 17.6 Å². The van der Waals surface area contributed by atoms with E-state index in [0.29, 0.717) is 0 Å². The minimum atomic E-state index is 0.973. The van der Waals surface area contributed by atoms with Crippen LogP contribution >= 0.6 is 11.3 Å². The van der Waals surface area contributed by atoms with Gasteiger partial charge in [0.05, 0.1) is 11.0 Å². The predicted octanol–water partition coefficient (Wildman–Crippen LogP) is 11.6. The third-order valence-corrected chi connectivity index (χ3v) is 9.51. The van der Waals surface area contributed by atoms with Gasteiger partial charge in [0, 0.05) is 20.9 Å². The van der Waals surface area contributed by atoms with Crippen molar-refractivity contribution in [3.8, 4) is 22.3 Å². The standard InChI is InChI=1S/C38H22OS/c1-2-10-24-21-25(18-17-23(24)9-1)35-27-12-3-5-14-29(27)36(30-15-6-4-13-28(30)35)32-22-33-26-11-7-8-16-34(26)40-38(33)37-31(32)19-20-39-37/h1-22H. The first-order valence-corrected chi connectivity index (χ1v) is 14.4. The lowest BCUT2D eigenvalue weighted by Gasteiger charge is -2.18. The molecule has 0 amide bonds. The van der Waals surface area contributed by atoms with Crippen LogP contribution in [0, 0.1) is 0 Å². The second-order valence-electron chi connectivity index (χ2n) is 10.5. The molecule has 0 atom stereocenters. The van der Waals surface area contributed by atoms with E-state index in [1.54, 1.807) is 0 Å². The molecule has 7 aromatic carbocycles. The van der Waals surface area contributed by atoms with Gasteiger partial charge in [-0.2, -0.15) is 0 Å². The van der Waals surface area contributed by atoms with Crippen molar-refractivity contribution in [2.45, 2.75) is 0 Å². The van der Waals surface area contributed by atoms with Crippen molar-refractivity contribution in [1.82, 2.24) is 0 Å². The summed E-state index contributed by atoms with van der Waals surface area (Å²) in [6.45, 7) is 0. The molecule has 0 saturated heterocycles. The van der Waals surface area contributed by atoms with Crippen LogP contribution in [0.3, 0.4) is 0 Å². The Morgan fingerprint density at radius 2 is 1.07 bits per heavy atom. The molecule has 2 aromatic heterocycles. The second kappa shape index (κ2) is 8.29. The first kappa shape index (κ1) is 22.0. The number of furan rings is 1. The fourth-order valence-electron chi connectivity index (χ4n) is 6.58. The highest BCUT2D eigenvalue weighted by molar-refractivity contribution is 7.26. The lowest BCUT2D eigenvalue weighted by atomic mass is 9.84. The van der Waals surface area contributed by atoms with Crippen LogP contribution in [0.15, 0.2) is 138 Å². The second-order valence-corrected chi connectivity index (χ2v) is 11.5. The van der Waals surface area contributed by atoms with E-state index in [2.05, 4.69) is 127 Å². The maximum absolute atomic E-state index is 6.19. The van der Waals surface area contributed by atoms with Crippen molar-refractivity contribution >= 4 is 74.8 Å². The highest BCUT2D eigenvalue weighted by atomic mass is 32.1. The monoisotopic (exact) mass is 526 g/mol. The number of thiophene rings is 1. The maximum Gasteiger partial charge on any atom is 0.152 e. The Labute approximate surface area is 234 Å². The molecule has 2 heteroatoms. The molecule has 40 heavy (non-hydrogen) atoms. The Balaban J connectivity index is 1.45. The molecule has 9 aromatic rings. The summed E-state index contributed by atoms with van der Waals surface area (Å²) in [5.41, 5.74) is 5.98. The summed E-state index contributed by atoms with van der Waals surface area (Å²) in [6.07, 6.45) is 1.84. The molecule has 2 heterocycles.